The van der Waals surface area contributed by atoms with Crippen LogP contribution in [-0.4, -0.2) is 25.5 Å². The standard InChI is InChI=1S/C19H23N5O/c1-14(17-13-23(3)21-15(17)2)20-19(25)18-10-12-24(22-18)11-9-16-7-5-4-6-8-16/h4-8,10,12-14H,9,11H2,1-3H3,(H,20,25). The minimum Gasteiger partial charge on any atom is -0.344 e. The highest BCUT2D eigenvalue weighted by molar-refractivity contribution is 5.92. The van der Waals surface area contributed by atoms with Crippen LogP contribution in [0.4, 0.5) is 0 Å². The number of carbonyl (C=O) groups is 1. The molecule has 1 N–H and O–H groups in total. The zero-order valence-electron chi connectivity index (χ0n) is 14.8. The van der Waals surface area contributed by atoms with Crippen LogP contribution in [0.5, 0.6) is 0 Å². The van der Waals surface area contributed by atoms with E-state index in [1.165, 1.54) is 5.56 Å². The molecule has 3 aromatic rings. The summed E-state index contributed by atoms with van der Waals surface area (Å²) in [6.07, 6.45) is 4.66. The van der Waals surface area contributed by atoms with Crippen molar-refractivity contribution in [3.63, 3.8) is 0 Å². The summed E-state index contributed by atoms with van der Waals surface area (Å²) >= 11 is 0. The smallest absolute Gasteiger partial charge is 0.272 e. The first kappa shape index (κ1) is 17.0. The predicted octanol–water partition coefficient (Wildman–Crippen LogP) is 2.66. The van der Waals surface area contributed by atoms with Gasteiger partial charge >= 0.3 is 0 Å². The van der Waals surface area contributed by atoms with E-state index < -0.39 is 0 Å². The summed E-state index contributed by atoms with van der Waals surface area (Å²) in [5.41, 5.74) is 3.62. The summed E-state index contributed by atoms with van der Waals surface area (Å²) in [5, 5.41) is 11.7. The van der Waals surface area contributed by atoms with Crippen molar-refractivity contribution in [3.8, 4) is 0 Å². The number of nitrogens with zero attached hydrogens (tertiary/aromatic N) is 4. The van der Waals surface area contributed by atoms with Crippen molar-refractivity contribution in [2.45, 2.75) is 32.9 Å². The maximum atomic E-state index is 12.4. The Morgan fingerprint density at radius 3 is 2.64 bits per heavy atom. The van der Waals surface area contributed by atoms with Crippen LogP contribution in [0.1, 0.15) is 40.3 Å². The van der Waals surface area contributed by atoms with E-state index in [1.54, 1.807) is 10.7 Å². The minimum absolute atomic E-state index is 0.115. The van der Waals surface area contributed by atoms with Gasteiger partial charge in [-0.15, -0.1) is 0 Å². The molecule has 6 nitrogen and oxygen atoms in total. The number of hydrogen-bond acceptors (Lipinski definition) is 3. The summed E-state index contributed by atoms with van der Waals surface area (Å²) in [7, 11) is 1.87. The van der Waals surface area contributed by atoms with E-state index in [-0.39, 0.29) is 11.9 Å². The molecule has 1 amide bonds. The molecule has 3 rings (SSSR count). The van der Waals surface area contributed by atoms with Crippen molar-refractivity contribution in [1.82, 2.24) is 24.9 Å². The third kappa shape index (κ3) is 4.15. The molecule has 0 saturated heterocycles. The summed E-state index contributed by atoms with van der Waals surface area (Å²) in [6.45, 7) is 4.64. The lowest BCUT2D eigenvalue weighted by Gasteiger charge is -2.12. The second kappa shape index (κ2) is 7.34. The zero-order valence-corrected chi connectivity index (χ0v) is 14.8. The summed E-state index contributed by atoms with van der Waals surface area (Å²) in [5.74, 6) is -0.172. The van der Waals surface area contributed by atoms with E-state index >= 15 is 0 Å². The monoisotopic (exact) mass is 337 g/mol. The lowest BCUT2D eigenvalue weighted by Crippen LogP contribution is -2.27. The number of benzene rings is 1. The Morgan fingerprint density at radius 1 is 1.20 bits per heavy atom. The highest BCUT2D eigenvalue weighted by atomic mass is 16.2. The molecule has 1 aromatic carbocycles. The van der Waals surface area contributed by atoms with Crippen LogP contribution >= 0.6 is 0 Å². The lowest BCUT2D eigenvalue weighted by atomic mass is 10.1. The fourth-order valence-corrected chi connectivity index (χ4v) is 2.89. The zero-order chi connectivity index (χ0) is 17.8. The molecule has 0 saturated carbocycles. The average molecular weight is 337 g/mol. The number of aromatic nitrogens is 4. The van der Waals surface area contributed by atoms with E-state index in [0.717, 1.165) is 24.2 Å². The number of aryl methyl sites for hydroxylation is 4. The van der Waals surface area contributed by atoms with Gasteiger partial charge in [-0.3, -0.25) is 14.2 Å². The van der Waals surface area contributed by atoms with Crippen molar-refractivity contribution in [2.24, 2.45) is 7.05 Å². The van der Waals surface area contributed by atoms with Crippen LogP contribution in [0.3, 0.4) is 0 Å². The Labute approximate surface area is 147 Å². The molecular weight excluding hydrogens is 314 g/mol. The molecule has 0 spiro atoms. The van der Waals surface area contributed by atoms with Crippen LogP contribution in [0, 0.1) is 6.92 Å². The van der Waals surface area contributed by atoms with E-state index in [9.17, 15) is 4.79 Å². The van der Waals surface area contributed by atoms with Crippen LogP contribution in [0.15, 0.2) is 48.8 Å². The van der Waals surface area contributed by atoms with E-state index in [2.05, 4.69) is 27.6 Å². The molecular formula is C19H23N5O. The summed E-state index contributed by atoms with van der Waals surface area (Å²) in [6, 6.07) is 11.9. The van der Waals surface area contributed by atoms with Gasteiger partial charge in [-0.25, -0.2) is 0 Å². The largest absolute Gasteiger partial charge is 0.344 e. The number of rotatable bonds is 6. The maximum absolute atomic E-state index is 12.4. The van der Waals surface area contributed by atoms with Crippen molar-refractivity contribution in [1.29, 1.82) is 0 Å². The Morgan fingerprint density at radius 2 is 1.96 bits per heavy atom. The van der Waals surface area contributed by atoms with E-state index in [0.29, 0.717) is 5.69 Å². The van der Waals surface area contributed by atoms with E-state index in [4.69, 9.17) is 0 Å². The quantitative estimate of drug-likeness (QED) is 0.752. The normalized spacial score (nSPS) is 12.1. The Balaban J connectivity index is 1.59. The topological polar surface area (TPSA) is 64.7 Å². The summed E-state index contributed by atoms with van der Waals surface area (Å²) in [4.78, 5) is 12.4. The lowest BCUT2D eigenvalue weighted by molar-refractivity contribution is 0.0934. The first-order valence-electron chi connectivity index (χ1n) is 8.41. The van der Waals surface area contributed by atoms with Crippen LogP contribution in [-0.2, 0) is 20.0 Å². The third-order valence-corrected chi connectivity index (χ3v) is 4.21. The summed E-state index contributed by atoms with van der Waals surface area (Å²) < 4.78 is 3.56. The Kier molecular flexibility index (Phi) is 4.97. The molecule has 25 heavy (non-hydrogen) atoms. The Hall–Kier alpha value is -2.89. The molecule has 1 atom stereocenters. The number of nitrogens with one attached hydrogen (secondary N) is 1. The van der Waals surface area contributed by atoms with Gasteiger partial charge < -0.3 is 5.32 Å². The van der Waals surface area contributed by atoms with Gasteiger partial charge in [0, 0.05) is 31.5 Å². The molecule has 6 heteroatoms. The van der Waals surface area contributed by atoms with Crippen molar-refractivity contribution >= 4 is 5.91 Å². The molecule has 0 aliphatic heterocycles. The van der Waals surface area contributed by atoms with Gasteiger partial charge in [0.25, 0.3) is 5.91 Å². The molecule has 1 unspecified atom stereocenters. The molecule has 0 aliphatic rings. The van der Waals surface area contributed by atoms with Crippen LogP contribution in [0.2, 0.25) is 0 Å². The first-order chi connectivity index (χ1) is 12.0. The minimum atomic E-state index is -0.172. The van der Waals surface area contributed by atoms with Gasteiger partial charge in [-0.2, -0.15) is 10.2 Å². The molecule has 0 radical (unpaired) electrons. The highest BCUT2D eigenvalue weighted by Crippen LogP contribution is 2.16. The van der Waals surface area contributed by atoms with Gasteiger partial charge in [-0.05, 0) is 31.9 Å². The fourth-order valence-electron chi connectivity index (χ4n) is 2.89. The molecule has 2 heterocycles. The maximum Gasteiger partial charge on any atom is 0.272 e. The second-order valence-corrected chi connectivity index (χ2v) is 6.24. The van der Waals surface area contributed by atoms with Crippen molar-refractivity contribution in [3.05, 3.63) is 71.3 Å². The molecule has 130 valence electrons. The number of hydrogen-bond donors (Lipinski definition) is 1. The average Bonchev–Trinajstić information content (AvgIpc) is 3.20. The van der Waals surface area contributed by atoms with Crippen LogP contribution < -0.4 is 5.32 Å². The van der Waals surface area contributed by atoms with Gasteiger partial charge in [0.15, 0.2) is 0 Å². The van der Waals surface area contributed by atoms with Gasteiger partial charge in [0.2, 0.25) is 0 Å². The highest BCUT2D eigenvalue weighted by Gasteiger charge is 2.17. The van der Waals surface area contributed by atoms with Gasteiger partial charge in [0.1, 0.15) is 5.69 Å². The third-order valence-electron chi connectivity index (χ3n) is 4.21. The van der Waals surface area contributed by atoms with Gasteiger partial charge in [-0.1, -0.05) is 30.3 Å². The number of carbonyl (C=O) groups excluding carboxylic acids is 1. The predicted molar refractivity (Wildman–Crippen MR) is 96.2 cm³/mol. The molecule has 0 bridgehead atoms. The molecule has 0 fully saturated rings. The van der Waals surface area contributed by atoms with Gasteiger partial charge in [0.05, 0.1) is 11.7 Å². The SMILES string of the molecule is Cc1nn(C)cc1C(C)NC(=O)c1ccn(CCc2ccccc2)n1. The first-order valence-corrected chi connectivity index (χ1v) is 8.41. The van der Waals surface area contributed by atoms with Crippen molar-refractivity contribution < 1.29 is 4.79 Å². The van der Waals surface area contributed by atoms with Crippen molar-refractivity contribution in [2.75, 3.05) is 0 Å². The second-order valence-electron chi connectivity index (χ2n) is 6.24. The van der Waals surface area contributed by atoms with Crippen LogP contribution in [0.25, 0.3) is 0 Å². The fraction of sp³-hybridized carbons (Fsp3) is 0.316. The van der Waals surface area contributed by atoms with E-state index in [1.807, 2.05) is 56.2 Å². The number of amides is 1. The Bertz CT molecular complexity index is 850. The molecule has 0 aliphatic carbocycles. The molecule has 2 aromatic heterocycles.